The van der Waals surface area contributed by atoms with Crippen LogP contribution in [0.15, 0.2) is 42.6 Å². The van der Waals surface area contributed by atoms with Crippen molar-refractivity contribution in [1.82, 2.24) is 9.88 Å². The lowest BCUT2D eigenvalue weighted by Crippen LogP contribution is -2.26. The van der Waals surface area contributed by atoms with E-state index in [0.29, 0.717) is 30.1 Å². The summed E-state index contributed by atoms with van der Waals surface area (Å²) in [7, 11) is 0. The van der Waals surface area contributed by atoms with E-state index in [2.05, 4.69) is 22.0 Å². The summed E-state index contributed by atoms with van der Waals surface area (Å²) in [6.45, 7) is 4.40. The average Bonchev–Trinajstić information content (AvgIpc) is 3.32. The molecule has 0 unspecified atom stereocenters. The number of rotatable bonds is 5. The molecule has 0 amide bonds. The number of hydrogen-bond donors (Lipinski definition) is 1. The number of ether oxygens (including phenoxy) is 2. The van der Waals surface area contributed by atoms with Gasteiger partial charge in [0.2, 0.25) is 0 Å². The Hall–Kier alpha value is -2.29. The predicted octanol–water partition coefficient (Wildman–Crippen LogP) is 2.41. The predicted molar refractivity (Wildman–Crippen MR) is 89.4 cm³/mol. The van der Waals surface area contributed by atoms with Gasteiger partial charge >= 0.3 is 0 Å². The number of hydrogen-bond acceptors (Lipinski definition) is 4. The Balaban J connectivity index is 1.33. The molecule has 1 aromatic heterocycles. The first-order valence-electron chi connectivity index (χ1n) is 8.41. The lowest BCUT2D eigenvalue weighted by molar-refractivity contribution is 0.0896. The Kier molecular flexibility index (Phi) is 4.24. The van der Waals surface area contributed by atoms with Crippen LogP contribution in [-0.2, 0) is 11.3 Å². The van der Waals surface area contributed by atoms with Gasteiger partial charge < -0.3 is 14.5 Å². The van der Waals surface area contributed by atoms with Crippen molar-refractivity contribution in [3.8, 4) is 11.8 Å². The average molecular weight is 323 g/mol. The standard InChI is InChI=1S/C19H21N3O2/c20-8-14-3-1-5-17(7-14)23-12-15-13-24-19-11-22(10-18(15)19)9-16-4-2-6-21-16/h1-7,15,18-19,21H,9-13H2/t15-,18-,19-/m1/s1. The van der Waals surface area contributed by atoms with Crippen molar-refractivity contribution in [2.75, 3.05) is 26.3 Å². The molecule has 1 N–H and O–H groups in total. The van der Waals surface area contributed by atoms with E-state index in [1.165, 1.54) is 5.69 Å². The molecular weight excluding hydrogens is 302 g/mol. The van der Waals surface area contributed by atoms with Crippen molar-refractivity contribution in [2.24, 2.45) is 11.8 Å². The molecular formula is C19H21N3O2. The first-order valence-corrected chi connectivity index (χ1v) is 8.41. The fraction of sp³-hybridized carbons (Fsp3) is 0.421. The lowest BCUT2D eigenvalue weighted by atomic mass is 9.94. The second kappa shape index (κ2) is 6.68. The molecule has 3 heterocycles. The zero-order chi connectivity index (χ0) is 16.4. The largest absolute Gasteiger partial charge is 0.493 e. The van der Waals surface area contributed by atoms with Crippen molar-refractivity contribution in [3.63, 3.8) is 0 Å². The molecule has 3 atom stereocenters. The molecule has 0 spiro atoms. The molecule has 24 heavy (non-hydrogen) atoms. The van der Waals surface area contributed by atoms with Crippen LogP contribution in [0.3, 0.4) is 0 Å². The number of fused-ring (bicyclic) bond motifs is 1. The summed E-state index contributed by atoms with van der Waals surface area (Å²) in [5.74, 6) is 1.70. The molecule has 5 heteroatoms. The summed E-state index contributed by atoms with van der Waals surface area (Å²) in [4.78, 5) is 5.71. The van der Waals surface area contributed by atoms with E-state index in [1.807, 2.05) is 24.4 Å². The number of nitrogens with zero attached hydrogens (tertiary/aromatic N) is 2. The monoisotopic (exact) mass is 323 g/mol. The van der Waals surface area contributed by atoms with Crippen molar-refractivity contribution in [3.05, 3.63) is 53.9 Å². The van der Waals surface area contributed by atoms with E-state index in [9.17, 15) is 0 Å². The van der Waals surface area contributed by atoms with Crippen molar-refractivity contribution in [1.29, 1.82) is 5.26 Å². The molecule has 0 saturated carbocycles. The quantitative estimate of drug-likeness (QED) is 0.918. The fourth-order valence-electron chi connectivity index (χ4n) is 3.75. The summed E-state index contributed by atoms with van der Waals surface area (Å²) in [6, 6.07) is 13.6. The van der Waals surface area contributed by atoms with Crippen LogP contribution in [0.25, 0.3) is 0 Å². The molecule has 2 aliphatic rings. The second-order valence-electron chi connectivity index (χ2n) is 6.64. The Labute approximate surface area is 141 Å². The van der Waals surface area contributed by atoms with Gasteiger partial charge in [-0.15, -0.1) is 0 Å². The minimum absolute atomic E-state index is 0.319. The Morgan fingerprint density at radius 1 is 1.29 bits per heavy atom. The summed E-state index contributed by atoms with van der Waals surface area (Å²) >= 11 is 0. The van der Waals surface area contributed by atoms with Gasteiger partial charge in [0.15, 0.2) is 0 Å². The van der Waals surface area contributed by atoms with Gasteiger partial charge in [-0.1, -0.05) is 6.07 Å². The third kappa shape index (κ3) is 3.16. The molecule has 2 saturated heterocycles. The van der Waals surface area contributed by atoms with Crippen LogP contribution in [0, 0.1) is 23.2 Å². The highest BCUT2D eigenvalue weighted by Gasteiger charge is 2.43. The zero-order valence-electron chi connectivity index (χ0n) is 13.5. The molecule has 2 aromatic rings. The van der Waals surface area contributed by atoms with Gasteiger partial charge in [-0.25, -0.2) is 0 Å². The maximum Gasteiger partial charge on any atom is 0.120 e. The van der Waals surface area contributed by atoms with Crippen LogP contribution >= 0.6 is 0 Å². The summed E-state index contributed by atoms with van der Waals surface area (Å²) < 4.78 is 11.9. The van der Waals surface area contributed by atoms with Gasteiger partial charge in [0.1, 0.15) is 5.75 Å². The van der Waals surface area contributed by atoms with Gasteiger partial charge in [-0.3, -0.25) is 4.90 Å². The lowest BCUT2D eigenvalue weighted by Gasteiger charge is -2.19. The number of benzene rings is 1. The highest BCUT2D eigenvalue weighted by molar-refractivity contribution is 5.36. The molecule has 2 aliphatic heterocycles. The smallest absolute Gasteiger partial charge is 0.120 e. The molecule has 0 radical (unpaired) electrons. The highest BCUT2D eigenvalue weighted by atomic mass is 16.5. The van der Waals surface area contributed by atoms with Gasteiger partial charge in [0.05, 0.1) is 31.0 Å². The topological polar surface area (TPSA) is 61.3 Å². The first-order chi connectivity index (χ1) is 11.8. The minimum atomic E-state index is 0.319. The summed E-state index contributed by atoms with van der Waals surface area (Å²) in [5.41, 5.74) is 1.88. The number of nitriles is 1. The molecule has 0 bridgehead atoms. The number of likely N-dealkylation sites (tertiary alicyclic amines) is 1. The van der Waals surface area contributed by atoms with Crippen molar-refractivity contribution in [2.45, 2.75) is 12.6 Å². The first kappa shape index (κ1) is 15.3. The Morgan fingerprint density at radius 3 is 3.08 bits per heavy atom. The van der Waals surface area contributed by atoms with E-state index < -0.39 is 0 Å². The maximum atomic E-state index is 8.97. The van der Waals surface area contributed by atoms with E-state index >= 15 is 0 Å². The van der Waals surface area contributed by atoms with Crippen LogP contribution in [0.2, 0.25) is 0 Å². The number of aromatic nitrogens is 1. The normalized spacial score (nSPS) is 26.2. The number of nitrogens with one attached hydrogen (secondary N) is 1. The van der Waals surface area contributed by atoms with Crippen molar-refractivity contribution >= 4 is 0 Å². The molecule has 2 fully saturated rings. The Morgan fingerprint density at radius 2 is 2.25 bits per heavy atom. The molecule has 1 aromatic carbocycles. The third-order valence-corrected chi connectivity index (χ3v) is 5.00. The van der Waals surface area contributed by atoms with Crippen LogP contribution in [0.4, 0.5) is 0 Å². The molecule has 0 aliphatic carbocycles. The van der Waals surface area contributed by atoms with E-state index in [-0.39, 0.29) is 0 Å². The maximum absolute atomic E-state index is 8.97. The van der Waals surface area contributed by atoms with E-state index in [1.54, 1.807) is 12.1 Å². The molecule has 5 nitrogen and oxygen atoms in total. The summed E-state index contributed by atoms with van der Waals surface area (Å²) in [5, 5.41) is 8.97. The van der Waals surface area contributed by atoms with Crippen molar-refractivity contribution < 1.29 is 9.47 Å². The van der Waals surface area contributed by atoms with Gasteiger partial charge in [0, 0.05) is 43.4 Å². The van der Waals surface area contributed by atoms with Gasteiger partial charge in [0.25, 0.3) is 0 Å². The minimum Gasteiger partial charge on any atom is -0.493 e. The van der Waals surface area contributed by atoms with Crippen LogP contribution in [0.5, 0.6) is 5.75 Å². The van der Waals surface area contributed by atoms with Crippen LogP contribution < -0.4 is 4.74 Å². The van der Waals surface area contributed by atoms with Crippen LogP contribution in [0.1, 0.15) is 11.3 Å². The molecule has 124 valence electrons. The fourth-order valence-corrected chi connectivity index (χ4v) is 3.75. The zero-order valence-corrected chi connectivity index (χ0v) is 13.5. The summed E-state index contributed by atoms with van der Waals surface area (Å²) in [6.07, 6.45) is 2.29. The number of aromatic amines is 1. The second-order valence-corrected chi connectivity index (χ2v) is 6.64. The third-order valence-electron chi connectivity index (χ3n) is 5.00. The van der Waals surface area contributed by atoms with Gasteiger partial charge in [-0.05, 0) is 30.3 Å². The highest BCUT2D eigenvalue weighted by Crippen LogP contribution is 2.34. The number of H-pyrrole nitrogens is 1. The van der Waals surface area contributed by atoms with E-state index in [0.717, 1.165) is 32.0 Å². The Bertz CT molecular complexity index is 722. The van der Waals surface area contributed by atoms with Crippen LogP contribution in [-0.4, -0.2) is 42.3 Å². The van der Waals surface area contributed by atoms with E-state index in [4.69, 9.17) is 14.7 Å². The molecule has 4 rings (SSSR count). The van der Waals surface area contributed by atoms with Gasteiger partial charge in [-0.2, -0.15) is 5.26 Å². The SMILES string of the molecule is N#Cc1cccc(OC[C@@H]2CO[C@@H]3CN(Cc4ccc[nH]4)C[C@H]23)c1.